The van der Waals surface area contributed by atoms with E-state index >= 15 is 0 Å². The molecule has 27 heavy (non-hydrogen) atoms. The van der Waals surface area contributed by atoms with Gasteiger partial charge in [0.1, 0.15) is 0 Å². The number of fused-ring (bicyclic) bond motifs is 3. The van der Waals surface area contributed by atoms with Crippen LogP contribution in [0, 0.1) is 10.1 Å². The van der Waals surface area contributed by atoms with Crippen LogP contribution in [0.15, 0.2) is 42.5 Å². The summed E-state index contributed by atoms with van der Waals surface area (Å²) in [5.41, 5.74) is 0.572. The molecule has 8 nitrogen and oxygen atoms in total. The Morgan fingerprint density at radius 1 is 1.19 bits per heavy atom. The van der Waals surface area contributed by atoms with Crippen molar-refractivity contribution in [2.24, 2.45) is 0 Å². The molecule has 3 aliphatic rings. The SMILES string of the molecule is C[C@@H]1N[C@]2(C(=O)Nc3ccccc32)[C@@H]([N+](=O)[O-])[C@H]1c1ccc2c(c1)OCO2. The predicted molar refractivity (Wildman–Crippen MR) is 95.4 cm³/mol. The number of amides is 1. The highest BCUT2D eigenvalue weighted by Crippen LogP contribution is 2.50. The zero-order valence-electron chi connectivity index (χ0n) is 14.5. The van der Waals surface area contributed by atoms with Crippen molar-refractivity contribution in [3.05, 3.63) is 63.7 Å². The fraction of sp³-hybridized carbons (Fsp3) is 0.316. The number of carbonyl (C=O) groups excluding carboxylic acids is 1. The van der Waals surface area contributed by atoms with Gasteiger partial charge in [0.05, 0.1) is 5.92 Å². The first-order chi connectivity index (χ1) is 13.0. The number of hydrogen-bond acceptors (Lipinski definition) is 6. The number of ether oxygens (including phenoxy) is 2. The molecule has 2 aromatic rings. The van der Waals surface area contributed by atoms with Gasteiger partial charge in [-0.15, -0.1) is 0 Å². The maximum absolute atomic E-state index is 13.0. The third kappa shape index (κ3) is 2.04. The van der Waals surface area contributed by atoms with Gasteiger partial charge in [-0.2, -0.15) is 0 Å². The molecule has 1 amide bonds. The number of nitrogens with zero attached hydrogens (tertiary/aromatic N) is 1. The van der Waals surface area contributed by atoms with Crippen LogP contribution >= 0.6 is 0 Å². The minimum atomic E-state index is -1.40. The standard InChI is InChI=1S/C19H17N3O5/c1-10-16(11-6-7-14-15(8-11)27-9-26-14)17(22(24)25)19(21-10)12-4-2-3-5-13(12)20-18(19)23/h2-8,10,16-17,21H,9H2,1H3,(H,20,23)/t10-,16+,17-,19-/m0/s1. The monoisotopic (exact) mass is 367 g/mol. The van der Waals surface area contributed by atoms with Gasteiger partial charge in [0, 0.05) is 22.2 Å². The van der Waals surface area contributed by atoms with Gasteiger partial charge in [0.25, 0.3) is 11.9 Å². The Hall–Kier alpha value is -3.13. The van der Waals surface area contributed by atoms with Crippen molar-refractivity contribution < 1.29 is 19.2 Å². The maximum Gasteiger partial charge on any atom is 0.256 e. The van der Waals surface area contributed by atoms with E-state index in [-0.39, 0.29) is 23.7 Å². The van der Waals surface area contributed by atoms with E-state index in [0.29, 0.717) is 22.7 Å². The molecule has 4 atom stereocenters. The van der Waals surface area contributed by atoms with Crippen molar-refractivity contribution in [3.63, 3.8) is 0 Å². The summed E-state index contributed by atoms with van der Waals surface area (Å²) < 4.78 is 10.8. The summed E-state index contributed by atoms with van der Waals surface area (Å²) in [7, 11) is 0. The van der Waals surface area contributed by atoms with Crippen LogP contribution < -0.4 is 20.1 Å². The number of hydrogen-bond donors (Lipinski definition) is 2. The van der Waals surface area contributed by atoms with E-state index in [2.05, 4.69) is 10.6 Å². The number of anilines is 1. The highest BCUT2D eigenvalue weighted by atomic mass is 16.7. The zero-order valence-corrected chi connectivity index (χ0v) is 14.5. The summed E-state index contributed by atoms with van der Waals surface area (Å²) in [4.78, 5) is 24.8. The van der Waals surface area contributed by atoms with E-state index in [1.807, 2.05) is 13.0 Å². The first-order valence-corrected chi connectivity index (χ1v) is 8.74. The molecule has 0 aromatic heterocycles. The van der Waals surface area contributed by atoms with Gasteiger partial charge in [-0.3, -0.25) is 20.2 Å². The molecule has 2 N–H and O–H groups in total. The summed E-state index contributed by atoms with van der Waals surface area (Å²) in [6, 6.07) is 11.0. The van der Waals surface area contributed by atoms with E-state index in [9.17, 15) is 14.9 Å². The molecule has 2 aromatic carbocycles. The van der Waals surface area contributed by atoms with Crippen LogP contribution in [0.5, 0.6) is 11.5 Å². The Bertz CT molecular complexity index is 978. The molecule has 138 valence electrons. The molecule has 0 unspecified atom stereocenters. The first kappa shape index (κ1) is 16.1. The highest BCUT2D eigenvalue weighted by Gasteiger charge is 2.67. The fourth-order valence-corrected chi connectivity index (χ4v) is 4.67. The quantitative estimate of drug-likeness (QED) is 0.622. The molecular formula is C19H17N3O5. The number of nitro groups is 1. The van der Waals surface area contributed by atoms with Gasteiger partial charge in [-0.1, -0.05) is 24.3 Å². The van der Waals surface area contributed by atoms with Crippen molar-refractivity contribution in [3.8, 4) is 11.5 Å². The van der Waals surface area contributed by atoms with Crippen LogP contribution in [0.25, 0.3) is 0 Å². The molecule has 8 heteroatoms. The Morgan fingerprint density at radius 3 is 2.78 bits per heavy atom. The van der Waals surface area contributed by atoms with Crippen LogP contribution in [0.1, 0.15) is 24.0 Å². The van der Waals surface area contributed by atoms with E-state index in [4.69, 9.17) is 9.47 Å². The number of nitrogens with one attached hydrogen (secondary N) is 2. The molecule has 3 aliphatic heterocycles. The molecule has 0 bridgehead atoms. The topological polar surface area (TPSA) is 103 Å². The largest absolute Gasteiger partial charge is 0.454 e. The van der Waals surface area contributed by atoms with E-state index in [0.717, 1.165) is 5.56 Å². The Balaban J connectivity index is 1.66. The van der Waals surface area contributed by atoms with Crippen molar-refractivity contribution in [1.82, 2.24) is 5.32 Å². The van der Waals surface area contributed by atoms with Crippen molar-refractivity contribution in [2.75, 3.05) is 12.1 Å². The molecular weight excluding hydrogens is 350 g/mol. The summed E-state index contributed by atoms with van der Waals surface area (Å²) >= 11 is 0. The van der Waals surface area contributed by atoms with Crippen LogP contribution in [-0.4, -0.2) is 29.7 Å². The number of carbonyl (C=O) groups is 1. The van der Waals surface area contributed by atoms with Gasteiger partial charge in [-0.25, -0.2) is 0 Å². The minimum Gasteiger partial charge on any atom is -0.454 e. The lowest BCUT2D eigenvalue weighted by atomic mass is 9.78. The second-order valence-electron chi connectivity index (χ2n) is 7.11. The predicted octanol–water partition coefficient (Wildman–Crippen LogP) is 1.98. The van der Waals surface area contributed by atoms with Gasteiger partial charge in [-0.05, 0) is 30.7 Å². The van der Waals surface area contributed by atoms with E-state index in [1.165, 1.54) is 0 Å². The van der Waals surface area contributed by atoms with Gasteiger partial charge in [0.15, 0.2) is 17.0 Å². The Kier molecular flexibility index (Phi) is 3.23. The second-order valence-corrected chi connectivity index (χ2v) is 7.11. The molecule has 0 aliphatic carbocycles. The lowest BCUT2D eigenvalue weighted by Crippen LogP contribution is -2.54. The molecule has 1 saturated heterocycles. The Labute approximate surface area is 154 Å². The number of rotatable bonds is 2. The third-order valence-electron chi connectivity index (χ3n) is 5.74. The maximum atomic E-state index is 13.0. The smallest absolute Gasteiger partial charge is 0.256 e. The summed E-state index contributed by atoms with van der Waals surface area (Å²) in [6.07, 6.45) is 0. The second kappa shape index (κ2) is 5.43. The normalized spacial score (nSPS) is 30.4. The molecule has 1 fully saturated rings. The molecule has 0 saturated carbocycles. The average Bonchev–Trinajstić information content (AvgIpc) is 3.30. The average molecular weight is 367 g/mol. The molecule has 5 rings (SSSR count). The summed E-state index contributed by atoms with van der Waals surface area (Å²) in [5, 5.41) is 18.3. The molecule has 0 radical (unpaired) electrons. The molecule has 3 heterocycles. The first-order valence-electron chi connectivity index (χ1n) is 8.74. The van der Waals surface area contributed by atoms with Gasteiger partial charge < -0.3 is 14.8 Å². The molecule has 1 spiro atoms. The Morgan fingerprint density at radius 2 is 1.96 bits per heavy atom. The summed E-state index contributed by atoms with van der Waals surface area (Å²) in [5.74, 6) is 0.291. The van der Waals surface area contributed by atoms with E-state index in [1.54, 1.807) is 36.4 Å². The number of benzene rings is 2. The fourth-order valence-electron chi connectivity index (χ4n) is 4.67. The van der Waals surface area contributed by atoms with Crippen LogP contribution in [0.2, 0.25) is 0 Å². The minimum absolute atomic E-state index is 0.135. The van der Waals surface area contributed by atoms with Gasteiger partial charge in [0.2, 0.25) is 6.79 Å². The third-order valence-corrected chi connectivity index (χ3v) is 5.74. The van der Waals surface area contributed by atoms with Crippen molar-refractivity contribution >= 4 is 11.6 Å². The highest BCUT2D eigenvalue weighted by molar-refractivity contribution is 6.07. The van der Waals surface area contributed by atoms with Crippen LogP contribution in [0.4, 0.5) is 5.69 Å². The lowest BCUT2D eigenvalue weighted by Gasteiger charge is -2.25. The van der Waals surface area contributed by atoms with E-state index < -0.39 is 17.5 Å². The van der Waals surface area contributed by atoms with Gasteiger partial charge >= 0.3 is 0 Å². The van der Waals surface area contributed by atoms with Crippen molar-refractivity contribution in [2.45, 2.75) is 30.5 Å². The zero-order chi connectivity index (χ0) is 18.8. The summed E-state index contributed by atoms with van der Waals surface area (Å²) in [6.45, 7) is 2.00. The van der Waals surface area contributed by atoms with Crippen LogP contribution in [-0.2, 0) is 10.3 Å². The number of para-hydroxylation sites is 1. The van der Waals surface area contributed by atoms with Crippen LogP contribution in [0.3, 0.4) is 0 Å². The lowest BCUT2D eigenvalue weighted by molar-refractivity contribution is -0.532. The van der Waals surface area contributed by atoms with Crippen molar-refractivity contribution in [1.29, 1.82) is 0 Å².